The number of nitrogens with one attached hydrogen (secondary N) is 2. The van der Waals surface area contributed by atoms with Gasteiger partial charge < -0.3 is 14.5 Å². The second-order valence-electron chi connectivity index (χ2n) is 5.72. The third-order valence-corrected chi connectivity index (χ3v) is 4.73. The van der Waals surface area contributed by atoms with E-state index < -0.39 is 15.9 Å². The van der Waals surface area contributed by atoms with Gasteiger partial charge in [0, 0.05) is 13.1 Å². The second kappa shape index (κ2) is 8.17. The molecule has 2 N–H and O–H groups in total. The molecule has 0 fully saturated rings. The van der Waals surface area contributed by atoms with Gasteiger partial charge in [-0.05, 0) is 56.7 Å². The van der Waals surface area contributed by atoms with Gasteiger partial charge in [0.25, 0.3) is 5.91 Å². The van der Waals surface area contributed by atoms with Crippen LogP contribution in [0.25, 0.3) is 0 Å². The van der Waals surface area contributed by atoms with Crippen molar-refractivity contribution in [2.24, 2.45) is 0 Å². The minimum Gasteiger partial charge on any atom is -0.491 e. The number of rotatable bonds is 8. The van der Waals surface area contributed by atoms with E-state index in [1.165, 1.54) is 18.4 Å². The van der Waals surface area contributed by atoms with Gasteiger partial charge in [-0.1, -0.05) is 0 Å². The number of benzene rings is 1. The lowest BCUT2D eigenvalue weighted by atomic mass is 10.2. The number of hydrogen-bond acceptors (Lipinski definition) is 5. The van der Waals surface area contributed by atoms with Gasteiger partial charge in [0.1, 0.15) is 5.75 Å². The van der Waals surface area contributed by atoms with E-state index in [0.29, 0.717) is 5.75 Å². The molecule has 0 unspecified atom stereocenters. The summed E-state index contributed by atoms with van der Waals surface area (Å²) in [4.78, 5) is 11.8. The Balaban J connectivity index is 1.90. The molecule has 1 amide bonds. The van der Waals surface area contributed by atoms with Crippen LogP contribution in [-0.4, -0.2) is 33.5 Å². The summed E-state index contributed by atoms with van der Waals surface area (Å²) >= 11 is 0. The number of aryl methyl sites for hydroxylation is 1. The number of carbonyl (C=O) groups excluding carboxylic acids is 1. The third-order valence-electron chi connectivity index (χ3n) is 3.27. The Morgan fingerprint density at radius 2 is 2.00 bits per heavy atom. The average molecular weight is 366 g/mol. The third kappa shape index (κ3) is 5.33. The Labute approximate surface area is 147 Å². The van der Waals surface area contributed by atoms with Crippen molar-refractivity contribution in [3.8, 4) is 5.75 Å². The maximum atomic E-state index is 12.3. The summed E-state index contributed by atoms with van der Waals surface area (Å²) in [6.07, 6.45) is 1.41. The van der Waals surface area contributed by atoms with E-state index in [9.17, 15) is 13.2 Å². The van der Waals surface area contributed by atoms with Crippen LogP contribution < -0.4 is 14.8 Å². The van der Waals surface area contributed by atoms with Crippen LogP contribution in [0.5, 0.6) is 5.75 Å². The normalized spacial score (nSPS) is 11.5. The fourth-order valence-corrected chi connectivity index (χ4v) is 3.23. The average Bonchev–Trinajstić information content (AvgIpc) is 3.07. The minimum atomic E-state index is -3.66. The predicted octanol–water partition coefficient (Wildman–Crippen LogP) is 2.08. The van der Waals surface area contributed by atoms with Gasteiger partial charge in [-0.3, -0.25) is 4.79 Å². The molecule has 0 radical (unpaired) electrons. The molecular formula is C17H22N2O5S. The van der Waals surface area contributed by atoms with Crippen molar-refractivity contribution < 1.29 is 22.4 Å². The molecule has 1 aromatic carbocycles. The molecule has 25 heavy (non-hydrogen) atoms. The first-order chi connectivity index (χ1) is 11.8. The van der Waals surface area contributed by atoms with Crippen molar-refractivity contribution in [1.82, 2.24) is 10.0 Å². The van der Waals surface area contributed by atoms with E-state index in [0.717, 1.165) is 5.56 Å². The largest absolute Gasteiger partial charge is 0.491 e. The van der Waals surface area contributed by atoms with Crippen molar-refractivity contribution in [3.05, 3.63) is 47.9 Å². The van der Waals surface area contributed by atoms with Gasteiger partial charge in [0.15, 0.2) is 5.76 Å². The topological polar surface area (TPSA) is 97.6 Å². The molecule has 0 saturated heterocycles. The zero-order chi connectivity index (χ0) is 18.4. The first kappa shape index (κ1) is 19.0. The molecule has 0 aliphatic rings. The molecule has 1 aromatic heterocycles. The lowest BCUT2D eigenvalue weighted by Gasteiger charge is -2.14. The number of hydrogen-bond donors (Lipinski definition) is 2. The van der Waals surface area contributed by atoms with Crippen LogP contribution in [0.4, 0.5) is 0 Å². The summed E-state index contributed by atoms with van der Waals surface area (Å²) in [6.45, 7) is 5.82. The summed E-state index contributed by atoms with van der Waals surface area (Å²) in [6, 6.07) is 7.83. The maximum absolute atomic E-state index is 12.3. The SMILES string of the molecule is Cc1cc(S(=O)(=O)NCCNC(=O)c2ccco2)ccc1OC(C)C. The van der Waals surface area contributed by atoms with E-state index in [1.54, 1.807) is 25.1 Å². The molecule has 0 aliphatic heterocycles. The number of sulfonamides is 1. The first-order valence-electron chi connectivity index (χ1n) is 7.88. The number of amides is 1. The van der Waals surface area contributed by atoms with Crippen LogP contribution in [0.15, 0.2) is 45.9 Å². The molecule has 8 heteroatoms. The van der Waals surface area contributed by atoms with Gasteiger partial charge in [-0.2, -0.15) is 0 Å². The molecule has 2 aromatic rings. The highest BCUT2D eigenvalue weighted by atomic mass is 32.2. The maximum Gasteiger partial charge on any atom is 0.287 e. The van der Waals surface area contributed by atoms with Crippen LogP contribution >= 0.6 is 0 Å². The second-order valence-corrected chi connectivity index (χ2v) is 7.49. The first-order valence-corrected chi connectivity index (χ1v) is 9.36. The Bertz CT molecular complexity index is 814. The Hall–Kier alpha value is -2.32. The van der Waals surface area contributed by atoms with Crippen molar-refractivity contribution >= 4 is 15.9 Å². The van der Waals surface area contributed by atoms with Crippen LogP contribution in [0.1, 0.15) is 30.0 Å². The van der Waals surface area contributed by atoms with Gasteiger partial charge in [-0.15, -0.1) is 0 Å². The summed E-state index contributed by atoms with van der Waals surface area (Å²) in [5.41, 5.74) is 0.739. The van der Waals surface area contributed by atoms with Crippen LogP contribution in [0.2, 0.25) is 0 Å². The summed E-state index contributed by atoms with van der Waals surface area (Å²) in [5, 5.41) is 2.57. The number of carbonyl (C=O) groups is 1. The number of ether oxygens (including phenoxy) is 1. The number of furan rings is 1. The summed E-state index contributed by atoms with van der Waals surface area (Å²) in [5.74, 6) is 0.439. The highest BCUT2D eigenvalue weighted by Gasteiger charge is 2.16. The van der Waals surface area contributed by atoms with E-state index in [-0.39, 0.29) is 29.8 Å². The quantitative estimate of drug-likeness (QED) is 0.697. The van der Waals surface area contributed by atoms with E-state index >= 15 is 0 Å². The monoisotopic (exact) mass is 366 g/mol. The fourth-order valence-electron chi connectivity index (χ4n) is 2.11. The highest BCUT2D eigenvalue weighted by Crippen LogP contribution is 2.22. The molecule has 0 bridgehead atoms. The van der Waals surface area contributed by atoms with Crippen molar-refractivity contribution in [3.63, 3.8) is 0 Å². The predicted molar refractivity (Wildman–Crippen MR) is 93.2 cm³/mol. The molecular weight excluding hydrogens is 344 g/mol. The Morgan fingerprint density at radius 3 is 2.60 bits per heavy atom. The van der Waals surface area contributed by atoms with Gasteiger partial charge in [0.05, 0.1) is 17.3 Å². The van der Waals surface area contributed by atoms with E-state index in [1.807, 2.05) is 13.8 Å². The standard InChI is InChI=1S/C17H22N2O5S/c1-12(2)24-15-7-6-14(11-13(15)3)25(21,22)19-9-8-18-17(20)16-5-4-10-23-16/h4-7,10-12,19H,8-9H2,1-3H3,(H,18,20). The highest BCUT2D eigenvalue weighted by molar-refractivity contribution is 7.89. The minimum absolute atomic E-state index is 0.0112. The molecule has 0 saturated carbocycles. The lowest BCUT2D eigenvalue weighted by molar-refractivity contribution is 0.0926. The molecule has 2 rings (SSSR count). The molecule has 7 nitrogen and oxygen atoms in total. The summed E-state index contributed by atoms with van der Waals surface area (Å²) < 4.78 is 37.6. The van der Waals surface area contributed by atoms with Gasteiger partial charge in [0.2, 0.25) is 10.0 Å². The molecule has 0 aliphatic carbocycles. The van der Waals surface area contributed by atoms with Crippen molar-refractivity contribution in [2.75, 3.05) is 13.1 Å². The lowest BCUT2D eigenvalue weighted by Crippen LogP contribution is -2.34. The van der Waals surface area contributed by atoms with Gasteiger partial charge >= 0.3 is 0 Å². The Kier molecular flexibility index (Phi) is 6.22. The summed E-state index contributed by atoms with van der Waals surface area (Å²) in [7, 11) is -3.66. The smallest absolute Gasteiger partial charge is 0.287 e. The zero-order valence-electron chi connectivity index (χ0n) is 14.4. The van der Waals surface area contributed by atoms with E-state index in [4.69, 9.17) is 9.15 Å². The van der Waals surface area contributed by atoms with Crippen LogP contribution in [-0.2, 0) is 10.0 Å². The van der Waals surface area contributed by atoms with Crippen molar-refractivity contribution in [1.29, 1.82) is 0 Å². The molecule has 136 valence electrons. The van der Waals surface area contributed by atoms with E-state index in [2.05, 4.69) is 10.0 Å². The van der Waals surface area contributed by atoms with Crippen molar-refractivity contribution in [2.45, 2.75) is 31.8 Å². The van der Waals surface area contributed by atoms with Crippen LogP contribution in [0.3, 0.4) is 0 Å². The Morgan fingerprint density at radius 1 is 1.24 bits per heavy atom. The molecule has 1 heterocycles. The fraction of sp³-hybridized carbons (Fsp3) is 0.353. The molecule has 0 atom stereocenters. The van der Waals surface area contributed by atoms with Gasteiger partial charge in [-0.25, -0.2) is 13.1 Å². The molecule has 0 spiro atoms. The van der Waals surface area contributed by atoms with Crippen LogP contribution in [0, 0.1) is 6.92 Å². The zero-order valence-corrected chi connectivity index (χ0v) is 15.2.